The third-order valence-corrected chi connectivity index (χ3v) is 6.49. The Bertz CT molecular complexity index is 686. The molecule has 0 amide bonds. The van der Waals surface area contributed by atoms with Crippen molar-refractivity contribution in [3.8, 4) is 0 Å². The molecule has 1 aromatic heterocycles. The summed E-state index contributed by atoms with van der Waals surface area (Å²) in [6.45, 7) is 4.90. The van der Waals surface area contributed by atoms with E-state index in [0.29, 0.717) is 25.4 Å². The molecule has 138 valence electrons. The normalized spacial score (nSPS) is 16.8. The van der Waals surface area contributed by atoms with Gasteiger partial charge < -0.3 is 5.32 Å². The lowest BCUT2D eigenvalue weighted by Gasteiger charge is -2.21. The van der Waals surface area contributed by atoms with Gasteiger partial charge in [0.1, 0.15) is 5.82 Å². The molecule has 1 N–H and O–H groups in total. The molecule has 0 bridgehead atoms. The fraction of sp³-hybridized carbons (Fsp3) is 0.867. The summed E-state index contributed by atoms with van der Waals surface area (Å²) in [6.07, 6.45) is 3.40. The highest BCUT2D eigenvalue weighted by Gasteiger charge is 2.20. The lowest BCUT2D eigenvalue weighted by Crippen LogP contribution is -2.30. The largest absolute Gasteiger partial charge is 0.345 e. The van der Waals surface area contributed by atoms with Crippen molar-refractivity contribution in [2.45, 2.75) is 45.7 Å². The number of piperidine rings is 1. The van der Waals surface area contributed by atoms with Crippen molar-refractivity contribution in [1.82, 2.24) is 24.0 Å². The van der Waals surface area contributed by atoms with Gasteiger partial charge in [-0.3, -0.25) is 4.57 Å². The molecule has 8 nitrogen and oxygen atoms in total. The van der Waals surface area contributed by atoms with E-state index in [2.05, 4.69) is 10.4 Å². The van der Waals surface area contributed by atoms with Gasteiger partial charge >= 0.3 is 5.69 Å². The number of sulfonamides is 1. The van der Waals surface area contributed by atoms with Crippen LogP contribution in [0.2, 0.25) is 0 Å². The Morgan fingerprint density at radius 2 is 1.96 bits per heavy atom. The minimum absolute atomic E-state index is 0.0229. The summed E-state index contributed by atoms with van der Waals surface area (Å²) in [5.74, 6) is 1.40. The maximum absolute atomic E-state index is 12.4. The highest BCUT2D eigenvalue weighted by molar-refractivity contribution is 7.89. The Kier molecular flexibility index (Phi) is 6.59. The van der Waals surface area contributed by atoms with Crippen molar-refractivity contribution in [3.05, 3.63) is 16.3 Å². The van der Waals surface area contributed by atoms with Crippen LogP contribution in [-0.2, 0) is 29.5 Å². The molecule has 0 unspecified atom stereocenters. The van der Waals surface area contributed by atoms with Gasteiger partial charge in [-0.05, 0) is 45.2 Å². The first-order chi connectivity index (χ1) is 11.3. The number of hydrogen-bond donors (Lipinski definition) is 1. The van der Waals surface area contributed by atoms with Crippen LogP contribution < -0.4 is 11.0 Å². The van der Waals surface area contributed by atoms with Gasteiger partial charge in [0.25, 0.3) is 0 Å². The first-order valence-corrected chi connectivity index (χ1v) is 10.2. The van der Waals surface area contributed by atoms with E-state index in [-0.39, 0.29) is 11.4 Å². The third-order valence-electron chi connectivity index (χ3n) is 4.57. The van der Waals surface area contributed by atoms with Crippen LogP contribution in [0.1, 0.15) is 32.0 Å². The molecule has 0 saturated carbocycles. The van der Waals surface area contributed by atoms with Crippen molar-refractivity contribution in [1.29, 1.82) is 0 Å². The molecule has 2 rings (SSSR count). The molecule has 0 radical (unpaired) electrons. The van der Waals surface area contributed by atoms with E-state index < -0.39 is 10.0 Å². The van der Waals surface area contributed by atoms with Gasteiger partial charge in [-0.25, -0.2) is 22.2 Å². The fourth-order valence-electron chi connectivity index (χ4n) is 3.02. The Labute approximate surface area is 143 Å². The average Bonchev–Trinajstić information content (AvgIpc) is 2.83. The molecule has 1 saturated heterocycles. The Hall–Kier alpha value is -1.19. The SMILES string of the molecule is CCn1c(CC2CCNCC2)nn(CCCS(=O)(=O)N(C)C)c1=O. The van der Waals surface area contributed by atoms with Crippen molar-refractivity contribution in [2.75, 3.05) is 32.9 Å². The minimum atomic E-state index is -3.24. The van der Waals surface area contributed by atoms with Crippen LogP contribution in [0, 0.1) is 5.92 Å². The molecule has 0 spiro atoms. The van der Waals surface area contributed by atoms with Crippen LogP contribution in [-0.4, -0.2) is 60.0 Å². The van der Waals surface area contributed by atoms with Gasteiger partial charge in [0.05, 0.1) is 5.75 Å². The zero-order valence-corrected chi connectivity index (χ0v) is 15.7. The van der Waals surface area contributed by atoms with Crippen molar-refractivity contribution in [2.24, 2.45) is 5.92 Å². The highest BCUT2D eigenvalue weighted by Crippen LogP contribution is 2.16. The second kappa shape index (κ2) is 8.26. The fourth-order valence-corrected chi connectivity index (χ4v) is 3.88. The smallest absolute Gasteiger partial charge is 0.317 e. The van der Waals surface area contributed by atoms with Gasteiger partial charge in [-0.15, -0.1) is 0 Å². The average molecular weight is 359 g/mol. The Morgan fingerprint density at radius 1 is 1.29 bits per heavy atom. The molecule has 24 heavy (non-hydrogen) atoms. The Morgan fingerprint density at radius 3 is 2.54 bits per heavy atom. The van der Waals surface area contributed by atoms with Gasteiger partial charge in [0.15, 0.2) is 0 Å². The summed E-state index contributed by atoms with van der Waals surface area (Å²) < 4.78 is 28.0. The van der Waals surface area contributed by atoms with Gasteiger partial charge in [-0.1, -0.05) is 0 Å². The molecule has 1 fully saturated rings. The summed E-state index contributed by atoms with van der Waals surface area (Å²) in [5.41, 5.74) is -0.135. The van der Waals surface area contributed by atoms with E-state index in [1.54, 1.807) is 4.57 Å². The summed E-state index contributed by atoms with van der Waals surface area (Å²) in [5, 5.41) is 7.82. The van der Waals surface area contributed by atoms with Crippen LogP contribution >= 0.6 is 0 Å². The number of aromatic nitrogens is 3. The first kappa shape index (κ1) is 19.1. The summed E-state index contributed by atoms with van der Waals surface area (Å²) in [7, 11) is -0.200. The van der Waals surface area contributed by atoms with E-state index in [1.807, 2.05) is 6.92 Å². The van der Waals surface area contributed by atoms with Gasteiger partial charge in [0.2, 0.25) is 10.0 Å². The van der Waals surface area contributed by atoms with Crippen LogP contribution in [0.15, 0.2) is 4.79 Å². The summed E-state index contributed by atoms with van der Waals surface area (Å²) >= 11 is 0. The monoisotopic (exact) mass is 359 g/mol. The predicted octanol–water partition coefficient (Wildman–Crippen LogP) is -0.112. The zero-order chi connectivity index (χ0) is 17.7. The van der Waals surface area contributed by atoms with E-state index in [4.69, 9.17) is 0 Å². The number of rotatable bonds is 8. The molecular formula is C15H29N5O3S. The van der Waals surface area contributed by atoms with Gasteiger partial charge in [-0.2, -0.15) is 5.10 Å². The number of aryl methyl sites for hydroxylation is 1. The maximum atomic E-state index is 12.4. The van der Waals surface area contributed by atoms with Crippen molar-refractivity contribution >= 4 is 10.0 Å². The predicted molar refractivity (Wildman–Crippen MR) is 93.5 cm³/mol. The molecule has 0 aliphatic carbocycles. The lowest BCUT2D eigenvalue weighted by atomic mass is 9.94. The lowest BCUT2D eigenvalue weighted by molar-refractivity contribution is 0.362. The second-order valence-corrected chi connectivity index (χ2v) is 8.82. The third kappa shape index (κ3) is 4.67. The molecule has 0 aromatic carbocycles. The van der Waals surface area contributed by atoms with Crippen LogP contribution in [0.5, 0.6) is 0 Å². The van der Waals surface area contributed by atoms with Crippen LogP contribution in [0.3, 0.4) is 0 Å². The molecular weight excluding hydrogens is 330 g/mol. The van der Waals surface area contributed by atoms with E-state index >= 15 is 0 Å². The van der Waals surface area contributed by atoms with E-state index in [0.717, 1.165) is 38.2 Å². The standard InChI is InChI=1S/C15H29N5O3S/c1-4-19-14(12-13-6-8-16-9-7-13)17-20(15(19)21)10-5-11-24(22,23)18(2)3/h13,16H,4-12H2,1-3H3. The molecule has 1 aromatic rings. The quantitative estimate of drug-likeness (QED) is 0.699. The van der Waals surface area contributed by atoms with Gasteiger partial charge in [0, 0.05) is 33.6 Å². The molecule has 0 atom stereocenters. The number of hydrogen-bond acceptors (Lipinski definition) is 5. The Balaban J connectivity index is 2.04. The van der Waals surface area contributed by atoms with E-state index in [1.165, 1.54) is 23.1 Å². The first-order valence-electron chi connectivity index (χ1n) is 8.62. The highest BCUT2D eigenvalue weighted by atomic mass is 32.2. The van der Waals surface area contributed by atoms with E-state index in [9.17, 15) is 13.2 Å². The molecule has 9 heteroatoms. The second-order valence-electron chi connectivity index (χ2n) is 6.52. The number of nitrogens with zero attached hydrogens (tertiary/aromatic N) is 4. The molecule has 1 aliphatic heterocycles. The van der Waals surface area contributed by atoms with Crippen molar-refractivity contribution in [3.63, 3.8) is 0 Å². The molecule has 1 aliphatic rings. The van der Waals surface area contributed by atoms with Crippen LogP contribution in [0.25, 0.3) is 0 Å². The zero-order valence-electron chi connectivity index (χ0n) is 14.9. The topological polar surface area (TPSA) is 89.2 Å². The number of nitrogens with one attached hydrogen (secondary N) is 1. The summed E-state index contributed by atoms with van der Waals surface area (Å²) in [4.78, 5) is 12.4. The minimum Gasteiger partial charge on any atom is -0.317 e. The summed E-state index contributed by atoms with van der Waals surface area (Å²) in [6, 6.07) is 0. The maximum Gasteiger partial charge on any atom is 0.345 e. The molecule has 2 heterocycles. The van der Waals surface area contributed by atoms with Crippen LogP contribution in [0.4, 0.5) is 0 Å². The van der Waals surface area contributed by atoms with Crippen molar-refractivity contribution < 1.29 is 8.42 Å².